The van der Waals surface area contributed by atoms with Crippen LogP contribution in [0.25, 0.3) is 6.08 Å². The van der Waals surface area contributed by atoms with E-state index in [0.717, 1.165) is 41.2 Å². The summed E-state index contributed by atoms with van der Waals surface area (Å²) >= 11 is 0. The molecule has 3 aromatic rings. The Morgan fingerprint density at radius 2 is 1.69 bits per heavy atom. The van der Waals surface area contributed by atoms with Gasteiger partial charge in [-0.05, 0) is 53.6 Å². The molecule has 144 valence electrons. The Bertz CT molecular complexity index is 1040. The van der Waals surface area contributed by atoms with Gasteiger partial charge in [0.2, 0.25) is 0 Å². The molecule has 3 aromatic carbocycles. The highest BCUT2D eigenvalue weighted by Crippen LogP contribution is 2.23. The first-order chi connectivity index (χ1) is 14.2. The Morgan fingerprint density at radius 1 is 0.966 bits per heavy atom. The van der Waals surface area contributed by atoms with Crippen molar-refractivity contribution >= 4 is 23.3 Å². The van der Waals surface area contributed by atoms with E-state index in [1.165, 1.54) is 0 Å². The van der Waals surface area contributed by atoms with Crippen LogP contribution in [0.3, 0.4) is 0 Å². The second kappa shape index (κ2) is 8.57. The minimum absolute atomic E-state index is 0.00273. The van der Waals surface area contributed by atoms with Crippen LogP contribution in [0, 0.1) is 0 Å². The second-order valence-corrected chi connectivity index (χ2v) is 6.80. The lowest BCUT2D eigenvalue weighted by Gasteiger charge is -2.13. The van der Waals surface area contributed by atoms with E-state index in [2.05, 4.69) is 0 Å². The Balaban J connectivity index is 1.43. The van der Waals surface area contributed by atoms with E-state index in [1.807, 2.05) is 89.9 Å². The van der Waals surface area contributed by atoms with Crippen LogP contribution in [-0.2, 0) is 0 Å². The maximum atomic E-state index is 12.2. The molecule has 29 heavy (non-hydrogen) atoms. The van der Waals surface area contributed by atoms with Crippen molar-refractivity contribution in [2.75, 3.05) is 18.7 Å². The van der Waals surface area contributed by atoms with Gasteiger partial charge >= 0.3 is 0 Å². The summed E-state index contributed by atoms with van der Waals surface area (Å²) in [4.78, 5) is 12.2. The van der Waals surface area contributed by atoms with Gasteiger partial charge in [0.25, 0.3) is 0 Å². The number of allylic oxidation sites excluding steroid dienone is 1. The number of hydrogen-bond donors (Lipinski definition) is 0. The number of anilines is 1. The van der Waals surface area contributed by atoms with Crippen molar-refractivity contribution in [3.63, 3.8) is 0 Å². The SMILES string of the molecule is COc1ccc(C2=NN(c3ccc(/C=C/C(=O)c4ccccc4)cc3)CC2)cc1. The third-order valence-corrected chi connectivity index (χ3v) is 4.90. The van der Waals surface area contributed by atoms with Crippen LogP contribution < -0.4 is 9.75 Å². The fraction of sp³-hybridized carbons (Fsp3) is 0.120. The summed E-state index contributed by atoms with van der Waals surface area (Å²) in [5.74, 6) is 0.849. The van der Waals surface area contributed by atoms with Gasteiger partial charge in [-0.1, -0.05) is 48.5 Å². The van der Waals surface area contributed by atoms with Crippen LogP contribution in [0.4, 0.5) is 5.69 Å². The summed E-state index contributed by atoms with van der Waals surface area (Å²) < 4.78 is 5.22. The molecule has 1 aliphatic rings. The summed E-state index contributed by atoms with van der Waals surface area (Å²) in [7, 11) is 1.67. The smallest absolute Gasteiger partial charge is 0.185 e. The van der Waals surface area contributed by atoms with Gasteiger partial charge in [0.15, 0.2) is 5.78 Å². The summed E-state index contributed by atoms with van der Waals surface area (Å²) in [5, 5.41) is 6.78. The number of methoxy groups -OCH3 is 1. The van der Waals surface area contributed by atoms with Crippen molar-refractivity contribution in [1.82, 2.24) is 0 Å². The predicted molar refractivity (Wildman–Crippen MR) is 118 cm³/mol. The zero-order valence-corrected chi connectivity index (χ0v) is 16.3. The number of carbonyl (C=O) groups excluding carboxylic acids is 1. The maximum Gasteiger partial charge on any atom is 0.185 e. The molecule has 0 saturated heterocycles. The molecule has 4 rings (SSSR count). The highest BCUT2D eigenvalue weighted by Gasteiger charge is 2.17. The van der Waals surface area contributed by atoms with Gasteiger partial charge in [-0.3, -0.25) is 9.80 Å². The Labute approximate surface area is 170 Å². The molecule has 0 aliphatic carbocycles. The van der Waals surface area contributed by atoms with Crippen molar-refractivity contribution < 1.29 is 9.53 Å². The second-order valence-electron chi connectivity index (χ2n) is 6.80. The van der Waals surface area contributed by atoms with Crippen molar-refractivity contribution in [2.24, 2.45) is 5.10 Å². The van der Waals surface area contributed by atoms with Crippen LogP contribution in [-0.4, -0.2) is 25.1 Å². The molecule has 1 heterocycles. The van der Waals surface area contributed by atoms with Gasteiger partial charge in [0, 0.05) is 18.5 Å². The molecular formula is C25H22N2O2. The average molecular weight is 382 g/mol. The van der Waals surface area contributed by atoms with E-state index in [-0.39, 0.29) is 5.78 Å². The molecule has 0 bridgehead atoms. The normalized spacial score (nSPS) is 13.6. The maximum absolute atomic E-state index is 12.2. The van der Waals surface area contributed by atoms with Crippen molar-refractivity contribution in [1.29, 1.82) is 0 Å². The van der Waals surface area contributed by atoms with E-state index in [1.54, 1.807) is 13.2 Å². The number of hydrogen-bond acceptors (Lipinski definition) is 4. The molecule has 0 saturated carbocycles. The van der Waals surface area contributed by atoms with E-state index in [4.69, 9.17) is 9.84 Å². The molecule has 0 radical (unpaired) electrons. The number of hydrazone groups is 1. The van der Waals surface area contributed by atoms with E-state index >= 15 is 0 Å². The van der Waals surface area contributed by atoms with Gasteiger partial charge in [-0.2, -0.15) is 5.10 Å². The first-order valence-electron chi connectivity index (χ1n) is 9.60. The number of carbonyl (C=O) groups is 1. The van der Waals surface area contributed by atoms with Gasteiger partial charge in [0.1, 0.15) is 5.75 Å². The molecule has 0 atom stereocenters. The number of ketones is 1. The molecule has 1 aliphatic heterocycles. The predicted octanol–water partition coefficient (Wildman–Crippen LogP) is 5.21. The Hall–Kier alpha value is -3.66. The lowest BCUT2D eigenvalue weighted by atomic mass is 10.1. The monoisotopic (exact) mass is 382 g/mol. The first-order valence-corrected chi connectivity index (χ1v) is 9.60. The van der Waals surface area contributed by atoms with E-state index in [9.17, 15) is 4.79 Å². The van der Waals surface area contributed by atoms with Gasteiger partial charge in [-0.15, -0.1) is 0 Å². The van der Waals surface area contributed by atoms with Crippen LogP contribution >= 0.6 is 0 Å². The van der Waals surface area contributed by atoms with E-state index < -0.39 is 0 Å². The Kier molecular flexibility index (Phi) is 5.52. The van der Waals surface area contributed by atoms with Crippen molar-refractivity contribution in [2.45, 2.75) is 6.42 Å². The zero-order valence-electron chi connectivity index (χ0n) is 16.3. The lowest BCUT2D eigenvalue weighted by molar-refractivity contribution is 0.104. The van der Waals surface area contributed by atoms with Crippen LogP contribution in [0.2, 0.25) is 0 Å². The molecule has 0 amide bonds. The topological polar surface area (TPSA) is 41.9 Å². The van der Waals surface area contributed by atoms with Crippen LogP contribution in [0.1, 0.15) is 27.9 Å². The average Bonchev–Trinajstić information content (AvgIpc) is 3.29. The third-order valence-electron chi connectivity index (χ3n) is 4.90. The highest BCUT2D eigenvalue weighted by atomic mass is 16.5. The first kappa shape index (κ1) is 18.7. The Morgan fingerprint density at radius 3 is 2.38 bits per heavy atom. The number of nitrogens with zero attached hydrogens (tertiary/aromatic N) is 2. The number of rotatable bonds is 6. The highest BCUT2D eigenvalue weighted by molar-refractivity contribution is 6.06. The molecule has 4 heteroatoms. The minimum Gasteiger partial charge on any atom is -0.497 e. The minimum atomic E-state index is 0.00273. The molecule has 0 spiro atoms. The zero-order chi connectivity index (χ0) is 20.1. The molecule has 4 nitrogen and oxygen atoms in total. The van der Waals surface area contributed by atoms with Crippen molar-refractivity contribution in [3.05, 3.63) is 102 Å². The molecule has 0 fully saturated rings. The summed E-state index contributed by atoms with van der Waals surface area (Å²) in [6.07, 6.45) is 4.36. The van der Waals surface area contributed by atoms with Crippen molar-refractivity contribution in [3.8, 4) is 5.75 Å². The molecule has 0 aromatic heterocycles. The fourth-order valence-electron chi connectivity index (χ4n) is 3.26. The molecule has 0 unspecified atom stereocenters. The van der Waals surface area contributed by atoms with E-state index in [0.29, 0.717) is 5.56 Å². The summed E-state index contributed by atoms with van der Waals surface area (Å²) in [5.41, 5.74) is 4.91. The number of ether oxygens (including phenoxy) is 1. The summed E-state index contributed by atoms with van der Waals surface area (Å²) in [6, 6.07) is 25.4. The van der Waals surface area contributed by atoms with Gasteiger partial charge in [-0.25, -0.2) is 0 Å². The van der Waals surface area contributed by atoms with Gasteiger partial charge < -0.3 is 4.74 Å². The molecule has 0 N–H and O–H groups in total. The quantitative estimate of drug-likeness (QED) is 0.434. The standard InChI is InChI=1S/C25H22N2O2/c1-29-23-14-10-20(11-15-23)24-17-18-27(26-24)22-12-7-19(8-13-22)9-16-25(28)21-5-3-2-4-6-21/h2-16H,17-18H2,1H3/b16-9+. The lowest BCUT2D eigenvalue weighted by Crippen LogP contribution is -2.11. The third kappa shape index (κ3) is 4.43. The number of benzene rings is 3. The largest absolute Gasteiger partial charge is 0.497 e. The summed E-state index contributed by atoms with van der Waals surface area (Å²) in [6.45, 7) is 0.850. The van der Waals surface area contributed by atoms with Crippen LogP contribution in [0.15, 0.2) is 90.0 Å². The van der Waals surface area contributed by atoms with Crippen LogP contribution in [0.5, 0.6) is 5.75 Å². The fourth-order valence-corrected chi connectivity index (χ4v) is 3.26. The molecular weight excluding hydrogens is 360 g/mol. The van der Waals surface area contributed by atoms with Gasteiger partial charge in [0.05, 0.1) is 18.5 Å².